The van der Waals surface area contributed by atoms with Crippen LogP contribution >= 0.6 is 0 Å². The first-order valence-corrected chi connectivity index (χ1v) is 7.49. The molecule has 1 rings (SSSR count). The van der Waals surface area contributed by atoms with Crippen LogP contribution in [0.4, 0.5) is 0 Å². The molecule has 0 spiro atoms. The fourth-order valence-corrected chi connectivity index (χ4v) is 2.78. The van der Waals surface area contributed by atoms with Gasteiger partial charge in [-0.2, -0.15) is 0 Å². The lowest BCUT2D eigenvalue weighted by atomic mass is 9.84. The molecular weight excluding hydrogens is 256 g/mol. The van der Waals surface area contributed by atoms with Crippen LogP contribution < -0.4 is 5.73 Å². The Labute approximate surface area is 121 Å². The Hall–Kier alpha value is -1.10. The first-order valence-electron chi connectivity index (χ1n) is 7.49. The first kappa shape index (κ1) is 17.0. The SMILES string of the molecule is CC1CCN(C(=O)CCC(C)(C)CCN)C(C(=O)O)C1. The summed E-state index contributed by atoms with van der Waals surface area (Å²) in [5, 5.41) is 9.28. The monoisotopic (exact) mass is 284 g/mol. The molecule has 1 aliphatic heterocycles. The van der Waals surface area contributed by atoms with Crippen LogP contribution in [0.25, 0.3) is 0 Å². The van der Waals surface area contributed by atoms with E-state index in [1.807, 2.05) is 6.92 Å². The molecule has 0 aromatic rings. The third kappa shape index (κ3) is 4.78. The molecule has 116 valence electrons. The lowest BCUT2D eigenvalue weighted by Gasteiger charge is -2.36. The number of carboxylic acids is 1. The Bertz CT molecular complexity index is 355. The van der Waals surface area contributed by atoms with Crippen molar-refractivity contribution in [2.24, 2.45) is 17.1 Å². The molecule has 3 N–H and O–H groups in total. The van der Waals surface area contributed by atoms with Gasteiger partial charge in [0.25, 0.3) is 0 Å². The second-order valence-electron chi connectivity index (χ2n) is 6.77. The number of carbonyl (C=O) groups excluding carboxylic acids is 1. The van der Waals surface area contributed by atoms with Gasteiger partial charge < -0.3 is 15.7 Å². The average Bonchev–Trinajstić information content (AvgIpc) is 2.35. The summed E-state index contributed by atoms with van der Waals surface area (Å²) in [6, 6.07) is -0.649. The van der Waals surface area contributed by atoms with E-state index in [2.05, 4.69) is 13.8 Å². The topological polar surface area (TPSA) is 83.6 Å². The molecule has 0 aromatic carbocycles. The number of piperidine rings is 1. The highest BCUT2D eigenvalue weighted by atomic mass is 16.4. The van der Waals surface area contributed by atoms with Crippen molar-refractivity contribution in [3.05, 3.63) is 0 Å². The lowest BCUT2D eigenvalue weighted by Crippen LogP contribution is -2.49. The third-order valence-electron chi connectivity index (χ3n) is 4.31. The number of hydrogen-bond donors (Lipinski definition) is 2. The van der Waals surface area contributed by atoms with Crippen molar-refractivity contribution in [1.29, 1.82) is 0 Å². The van der Waals surface area contributed by atoms with E-state index in [1.165, 1.54) is 0 Å². The normalized spacial score (nSPS) is 23.7. The van der Waals surface area contributed by atoms with Crippen molar-refractivity contribution in [2.45, 2.75) is 58.9 Å². The zero-order valence-corrected chi connectivity index (χ0v) is 12.9. The van der Waals surface area contributed by atoms with Gasteiger partial charge in [-0.05, 0) is 43.6 Å². The van der Waals surface area contributed by atoms with Crippen molar-refractivity contribution in [1.82, 2.24) is 4.90 Å². The summed E-state index contributed by atoms with van der Waals surface area (Å²) in [6.45, 7) is 7.41. The quantitative estimate of drug-likeness (QED) is 0.779. The minimum Gasteiger partial charge on any atom is -0.480 e. The van der Waals surface area contributed by atoms with Gasteiger partial charge in [0.2, 0.25) is 5.91 Å². The summed E-state index contributed by atoms with van der Waals surface area (Å²) >= 11 is 0. The number of nitrogens with zero attached hydrogens (tertiary/aromatic N) is 1. The summed E-state index contributed by atoms with van der Waals surface area (Å²) in [4.78, 5) is 25.2. The highest BCUT2D eigenvalue weighted by Gasteiger charge is 2.34. The minimum atomic E-state index is -0.883. The van der Waals surface area contributed by atoms with E-state index < -0.39 is 12.0 Å². The van der Waals surface area contributed by atoms with Crippen LogP contribution in [0.1, 0.15) is 52.9 Å². The van der Waals surface area contributed by atoms with E-state index >= 15 is 0 Å². The van der Waals surface area contributed by atoms with Gasteiger partial charge in [0.05, 0.1) is 0 Å². The highest BCUT2D eigenvalue weighted by Crippen LogP contribution is 2.28. The third-order valence-corrected chi connectivity index (χ3v) is 4.31. The number of amides is 1. The Kier molecular flexibility index (Phi) is 5.99. The molecule has 0 aliphatic carbocycles. The predicted molar refractivity (Wildman–Crippen MR) is 78.2 cm³/mol. The molecule has 1 amide bonds. The van der Waals surface area contributed by atoms with Crippen LogP contribution in [0, 0.1) is 11.3 Å². The number of nitrogens with two attached hydrogens (primary N) is 1. The molecular formula is C15H28N2O3. The van der Waals surface area contributed by atoms with Crippen LogP contribution in [-0.2, 0) is 9.59 Å². The minimum absolute atomic E-state index is 0.0330. The largest absolute Gasteiger partial charge is 0.480 e. The van der Waals surface area contributed by atoms with Gasteiger partial charge in [-0.1, -0.05) is 20.8 Å². The summed E-state index contributed by atoms with van der Waals surface area (Å²) in [5.41, 5.74) is 5.60. The molecule has 1 saturated heterocycles. The molecule has 20 heavy (non-hydrogen) atoms. The van der Waals surface area contributed by atoms with Gasteiger partial charge in [0, 0.05) is 13.0 Å². The zero-order chi connectivity index (χ0) is 15.3. The van der Waals surface area contributed by atoms with E-state index in [0.29, 0.717) is 31.8 Å². The second kappa shape index (κ2) is 7.07. The summed E-state index contributed by atoms with van der Waals surface area (Å²) in [6.07, 6.45) is 3.49. The van der Waals surface area contributed by atoms with Gasteiger partial charge in [-0.3, -0.25) is 4.79 Å². The van der Waals surface area contributed by atoms with E-state index in [9.17, 15) is 14.7 Å². The molecule has 0 bridgehead atoms. The maximum absolute atomic E-state index is 12.3. The number of likely N-dealkylation sites (tertiary alicyclic amines) is 1. The standard InChI is InChI=1S/C15H28N2O3/c1-11-5-9-17(12(10-11)14(19)20)13(18)4-6-15(2,3)7-8-16/h11-12H,4-10,16H2,1-3H3,(H,19,20). The fourth-order valence-electron chi connectivity index (χ4n) is 2.78. The Morgan fingerprint density at radius 3 is 2.55 bits per heavy atom. The van der Waals surface area contributed by atoms with E-state index in [-0.39, 0.29) is 11.3 Å². The van der Waals surface area contributed by atoms with E-state index in [0.717, 1.165) is 19.3 Å². The molecule has 1 aliphatic rings. The molecule has 5 heteroatoms. The molecule has 0 radical (unpaired) electrons. The Balaban J connectivity index is 2.59. The maximum atomic E-state index is 12.3. The van der Waals surface area contributed by atoms with Crippen molar-refractivity contribution >= 4 is 11.9 Å². The van der Waals surface area contributed by atoms with Crippen LogP contribution in [-0.4, -0.2) is 41.0 Å². The van der Waals surface area contributed by atoms with Gasteiger partial charge in [0.1, 0.15) is 6.04 Å². The summed E-state index contributed by atoms with van der Waals surface area (Å²) in [5.74, 6) is -0.547. The second-order valence-corrected chi connectivity index (χ2v) is 6.77. The molecule has 2 unspecified atom stereocenters. The average molecular weight is 284 g/mol. The van der Waals surface area contributed by atoms with Crippen molar-refractivity contribution in [2.75, 3.05) is 13.1 Å². The Morgan fingerprint density at radius 2 is 2.00 bits per heavy atom. The maximum Gasteiger partial charge on any atom is 0.326 e. The molecule has 2 atom stereocenters. The summed E-state index contributed by atoms with van der Waals surface area (Å²) < 4.78 is 0. The lowest BCUT2D eigenvalue weighted by molar-refractivity contribution is -0.153. The Morgan fingerprint density at radius 1 is 1.35 bits per heavy atom. The van der Waals surface area contributed by atoms with E-state index in [4.69, 9.17) is 5.73 Å². The van der Waals surface area contributed by atoms with Gasteiger partial charge >= 0.3 is 5.97 Å². The van der Waals surface area contributed by atoms with Gasteiger partial charge in [-0.25, -0.2) is 4.79 Å². The number of hydrogen-bond acceptors (Lipinski definition) is 3. The predicted octanol–water partition coefficient (Wildman–Crippen LogP) is 1.85. The van der Waals surface area contributed by atoms with Crippen molar-refractivity contribution in [3.63, 3.8) is 0 Å². The molecule has 0 aromatic heterocycles. The van der Waals surface area contributed by atoms with Crippen LogP contribution in [0.3, 0.4) is 0 Å². The molecule has 1 fully saturated rings. The first-order chi connectivity index (χ1) is 9.26. The number of rotatable bonds is 6. The number of carboxylic acid groups (broad SMARTS) is 1. The number of carbonyl (C=O) groups is 2. The molecule has 5 nitrogen and oxygen atoms in total. The van der Waals surface area contributed by atoms with Gasteiger partial charge in [0.15, 0.2) is 0 Å². The number of aliphatic carboxylic acids is 1. The molecule has 1 heterocycles. The van der Waals surface area contributed by atoms with E-state index in [1.54, 1.807) is 4.90 Å². The highest BCUT2D eigenvalue weighted by molar-refractivity contribution is 5.83. The molecule has 0 saturated carbocycles. The smallest absolute Gasteiger partial charge is 0.326 e. The van der Waals surface area contributed by atoms with Crippen LogP contribution in [0.5, 0.6) is 0 Å². The van der Waals surface area contributed by atoms with Crippen molar-refractivity contribution < 1.29 is 14.7 Å². The van der Waals surface area contributed by atoms with Crippen LogP contribution in [0.15, 0.2) is 0 Å². The van der Waals surface area contributed by atoms with Crippen LogP contribution in [0.2, 0.25) is 0 Å². The van der Waals surface area contributed by atoms with Gasteiger partial charge in [-0.15, -0.1) is 0 Å². The zero-order valence-electron chi connectivity index (χ0n) is 12.9. The summed E-state index contributed by atoms with van der Waals surface area (Å²) in [7, 11) is 0. The fraction of sp³-hybridized carbons (Fsp3) is 0.867. The van der Waals surface area contributed by atoms with Crippen molar-refractivity contribution in [3.8, 4) is 0 Å².